The van der Waals surface area contributed by atoms with Crippen LogP contribution in [0, 0.1) is 0 Å². The van der Waals surface area contributed by atoms with Crippen LogP contribution in [0.1, 0.15) is 59.2 Å². The van der Waals surface area contributed by atoms with Crippen LogP contribution in [0.2, 0.25) is 0 Å². The van der Waals surface area contributed by atoms with Crippen molar-refractivity contribution in [2.45, 2.75) is 44.6 Å². The van der Waals surface area contributed by atoms with Crippen LogP contribution in [0.3, 0.4) is 0 Å². The van der Waals surface area contributed by atoms with E-state index in [0.29, 0.717) is 18.2 Å². The van der Waals surface area contributed by atoms with Crippen molar-refractivity contribution in [1.29, 1.82) is 0 Å². The first-order valence-electron chi connectivity index (χ1n) is 9.00. The van der Waals surface area contributed by atoms with Crippen LogP contribution in [-0.4, -0.2) is 25.9 Å². The van der Waals surface area contributed by atoms with Crippen molar-refractivity contribution in [3.8, 4) is 5.69 Å². The smallest absolute Gasteiger partial charge is 0.273 e. The van der Waals surface area contributed by atoms with Gasteiger partial charge in [0.15, 0.2) is 5.69 Å². The molecule has 1 amide bonds. The fraction of sp³-hybridized carbons (Fsp3) is 0.368. The average molecular weight is 367 g/mol. The maximum absolute atomic E-state index is 12.3. The van der Waals surface area contributed by atoms with Crippen LogP contribution < -0.4 is 5.32 Å². The van der Waals surface area contributed by atoms with Crippen LogP contribution in [0.5, 0.6) is 0 Å². The van der Waals surface area contributed by atoms with Crippen LogP contribution in [0.4, 0.5) is 0 Å². The number of rotatable bonds is 5. The largest absolute Gasteiger partial charge is 0.344 e. The van der Waals surface area contributed by atoms with Crippen molar-refractivity contribution >= 4 is 17.2 Å². The van der Waals surface area contributed by atoms with Gasteiger partial charge in [0, 0.05) is 11.3 Å². The lowest BCUT2D eigenvalue weighted by Crippen LogP contribution is -2.23. The Kier molecular flexibility index (Phi) is 5.06. The highest BCUT2D eigenvalue weighted by atomic mass is 32.1. The van der Waals surface area contributed by atoms with Gasteiger partial charge < -0.3 is 5.32 Å². The van der Waals surface area contributed by atoms with Crippen LogP contribution in [0.25, 0.3) is 5.69 Å². The molecule has 0 atom stereocenters. The first-order valence-corrected chi connectivity index (χ1v) is 9.88. The predicted molar refractivity (Wildman–Crippen MR) is 100 cm³/mol. The Balaban J connectivity index is 1.35. The lowest BCUT2D eigenvalue weighted by molar-refractivity contribution is 0.0945. The third-order valence-corrected chi connectivity index (χ3v) is 5.57. The van der Waals surface area contributed by atoms with Gasteiger partial charge in [-0.05, 0) is 25.0 Å². The Morgan fingerprint density at radius 3 is 2.81 bits per heavy atom. The van der Waals surface area contributed by atoms with E-state index in [2.05, 4.69) is 20.9 Å². The molecule has 0 bridgehead atoms. The fourth-order valence-corrected chi connectivity index (χ4v) is 4.11. The number of thiazole rings is 1. The second-order valence-corrected chi connectivity index (χ2v) is 7.48. The number of carbonyl (C=O) groups excluding carboxylic acids is 1. The van der Waals surface area contributed by atoms with Gasteiger partial charge >= 0.3 is 0 Å². The summed E-state index contributed by atoms with van der Waals surface area (Å²) in [5.74, 6) is 0.358. The van der Waals surface area contributed by atoms with E-state index in [-0.39, 0.29) is 5.91 Å². The summed E-state index contributed by atoms with van der Waals surface area (Å²) in [6.07, 6.45) is 7.89. The van der Waals surface area contributed by atoms with Crippen LogP contribution in [-0.2, 0) is 6.54 Å². The van der Waals surface area contributed by atoms with Crippen molar-refractivity contribution in [2.75, 3.05) is 0 Å². The molecule has 2 aromatic heterocycles. The van der Waals surface area contributed by atoms with E-state index in [1.165, 1.54) is 48.8 Å². The topological polar surface area (TPSA) is 72.7 Å². The second-order valence-electron chi connectivity index (χ2n) is 6.54. The molecule has 0 radical (unpaired) electrons. The molecule has 1 N–H and O–H groups in total. The molecule has 0 unspecified atom stereocenters. The highest BCUT2D eigenvalue weighted by molar-refractivity contribution is 7.09. The molecule has 3 aromatic rings. The Bertz CT molecular complexity index is 867. The fourth-order valence-electron chi connectivity index (χ4n) is 3.29. The van der Waals surface area contributed by atoms with Crippen molar-refractivity contribution in [2.24, 2.45) is 0 Å². The molecule has 6 nitrogen and oxygen atoms in total. The number of aromatic nitrogens is 4. The number of para-hydroxylation sites is 1. The zero-order valence-electron chi connectivity index (χ0n) is 14.5. The minimum absolute atomic E-state index is 0.235. The van der Waals surface area contributed by atoms with Crippen molar-refractivity contribution in [1.82, 2.24) is 25.3 Å². The number of nitrogens with one attached hydrogen (secondary N) is 1. The molecule has 1 aliphatic rings. The number of benzene rings is 1. The lowest BCUT2D eigenvalue weighted by atomic mass is 9.87. The van der Waals surface area contributed by atoms with E-state index >= 15 is 0 Å². The summed E-state index contributed by atoms with van der Waals surface area (Å²) in [7, 11) is 0. The number of amides is 1. The molecular formula is C19H21N5OS. The average Bonchev–Trinajstić information content (AvgIpc) is 3.37. The van der Waals surface area contributed by atoms with Crippen molar-refractivity contribution in [3.05, 3.63) is 58.3 Å². The maximum atomic E-state index is 12.3. The second kappa shape index (κ2) is 7.78. The van der Waals surface area contributed by atoms with Gasteiger partial charge in [0.05, 0.1) is 24.1 Å². The van der Waals surface area contributed by atoms with Gasteiger partial charge in [0.2, 0.25) is 0 Å². The number of carbonyl (C=O) groups is 1. The summed E-state index contributed by atoms with van der Waals surface area (Å²) in [5, 5.41) is 14.4. The van der Waals surface area contributed by atoms with Gasteiger partial charge in [-0.2, -0.15) is 9.90 Å². The van der Waals surface area contributed by atoms with Crippen molar-refractivity contribution in [3.63, 3.8) is 0 Å². The van der Waals surface area contributed by atoms with Crippen LogP contribution >= 0.6 is 11.3 Å². The number of hydrogen-bond acceptors (Lipinski definition) is 5. The number of nitrogens with zero attached hydrogens (tertiary/aromatic N) is 4. The summed E-state index contributed by atoms with van der Waals surface area (Å²) in [4.78, 5) is 18.5. The molecule has 1 aliphatic carbocycles. The zero-order chi connectivity index (χ0) is 17.8. The first kappa shape index (κ1) is 16.9. The summed E-state index contributed by atoms with van der Waals surface area (Å²) in [6, 6.07) is 9.53. The molecule has 0 spiro atoms. The molecular weight excluding hydrogens is 346 g/mol. The monoisotopic (exact) mass is 367 g/mol. The minimum Gasteiger partial charge on any atom is -0.344 e. The van der Waals surface area contributed by atoms with E-state index in [9.17, 15) is 4.79 Å². The van der Waals surface area contributed by atoms with Gasteiger partial charge in [-0.3, -0.25) is 4.79 Å². The quantitative estimate of drug-likeness (QED) is 0.746. The standard InChI is InChI=1S/C19H21N5OS/c25-19(16-11-21-24(23-16)15-9-5-2-6-10-15)20-12-18-22-17(13-26-18)14-7-3-1-4-8-14/h2,5-6,9-11,13-14H,1,3-4,7-8,12H2,(H,20,25). The molecule has 0 saturated heterocycles. The van der Waals surface area contributed by atoms with E-state index in [1.807, 2.05) is 30.3 Å². The predicted octanol–water partition coefficient (Wildman–Crippen LogP) is 3.70. The van der Waals surface area contributed by atoms with E-state index < -0.39 is 0 Å². The summed E-state index contributed by atoms with van der Waals surface area (Å²) >= 11 is 1.62. The molecule has 1 saturated carbocycles. The SMILES string of the molecule is O=C(NCc1nc(C2CCCCC2)cs1)c1cnn(-c2ccccc2)n1. The van der Waals surface area contributed by atoms with Gasteiger partial charge in [-0.1, -0.05) is 37.5 Å². The highest BCUT2D eigenvalue weighted by Crippen LogP contribution is 2.32. The van der Waals surface area contributed by atoms with E-state index in [0.717, 1.165) is 10.7 Å². The third kappa shape index (κ3) is 3.83. The molecule has 134 valence electrons. The van der Waals surface area contributed by atoms with Gasteiger partial charge in [-0.15, -0.1) is 16.4 Å². The van der Waals surface area contributed by atoms with Gasteiger partial charge in [0.1, 0.15) is 5.01 Å². The summed E-state index contributed by atoms with van der Waals surface area (Å²) < 4.78 is 0. The van der Waals surface area contributed by atoms with Crippen molar-refractivity contribution < 1.29 is 4.79 Å². The summed E-state index contributed by atoms with van der Waals surface area (Å²) in [6.45, 7) is 0.425. The molecule has 4 rings (SSSR count). The molecule has 2 heterocycles. The normalized spacial score (nSPS) is 15.1. The maximum Gasteiger partial charge on any atom is 0.273 e. The molecule has 7 heteroatoms. The minimum atomic E-state index is -0.235. The molecule has 26 heavy (non-hydrogen) atoms. The Morgan fingerprint density at radius 1 is 1.19 bits per heavy atom. The zero-order valence-corrected chi connectivity index (χ0v) is 15.3. The Hall–Kier alpha value is -2.54. The first-order chi connectivity index (χ1) is 12.8. The van der Waals surface area contributed by atoms with Gasteiger partial charge in [0.25, 0.3) is 5.91 Å². The lowest BCUT2D eigenvalue weighted by Gasteiger charge is -2.19. The van der Waals surface area contributed by atoms with E-state index in [1.54, 1.807) is 11.3 Å². The van der Waals surface area contributed by atoms with E-state index in [4.69, 9.17) is 4.98 Å². The number of hydrogen-bond donors (Lipinski definition) is 1. The Labute approximate surface area is 156 Å². The van der Waals surface area contributed by atoms with Gasteiger partial charge in [-0.25, -0.2) is 4.98 Å². The highest BCUT2D eigenvalue weighted by Gasteiger charge is 2.18. The third-order valence-electron chi connectivity index (χ3n) is 4.70. The Morgan fingerprint density at radius 2 is 2.00 bits per heavy atom. The molecule has 1 aromatic carbocycles. The molecule has 0 aliphatic heterocycles. The van der Waals surface area contributed by atoms with Crippen LogP contribution in [0.15, 0.2) is 41.9 Å². The molecule has 1 fully saturated rings. The summed E-state index contributed by atoms with van der Waals surface area (Å²) in [5.41, 5.74) is 2.32.